The van der Waals surface area contributed by atoms with Crippen LogP contribution in [0.1, 0.15) is 19.8 Å². The Hall–Kier alpha value is -1.94. The van der Waals surface area contributed by atoms with Crippen molar-refractivity contribution in [3.05, 3.63) is 48.5 Å². The van der Waals surface area contributed by atoms with Crippen LogP contribution in [-0.2, 0) is 4.79 Å². The van der Waals surface area contributed by atoms with Gasteiger partial charge in [0.05, 0.1) is 0 Å². The van der Waals surface area contributed by atoms with E-state index in [1.54, 1.807) is 17.8 Å². The van der Waals surface area contributed by atoms with Gasteiger partial charge < -0.3 is 10.5 Å². The second kappa shape index (κ2) is 7.01. The van der Waals surface area contributed by atoms with E-state index in [0.29, 0.717) is 12.2 Å². The molecule has 4 heteroatoms. The standard InChI is InChI=1S/C16H17NO2S/c1-2-5-16(18)19-13-7-4-9-15(11-13)20-14-8-3-6-12(17)10-14/h3-4,6-11H,2,5,17H2,1H3. The minimum absolute atomic E-state index is 0.196. The molecule has 104 valence electrons. The molecule has 2 aromatic carbocycles. The predicted molar refractivity (Wildman–Crippen MR) is 82.0 cm³/mol. The molecule has 0 bridgehead atoms. The maximum absolute atomic E-state index is 11.5. The molecule has 0 aliphatic carbocycles. The number of carbonyl (C=O) groups excluding carboxylic acids is 1. The number of hydrogen-bond donors (Lipinski definition) is 1. The molecule has 0 heterocycles. The zero-order valence-electron chi connectivity index (χ0n) is 11.3. The van der Waals surface area contributed by atoms with Crippen molar-refractivity contribution >= 4 is 23.4 Å². The van der Waals surface area contributed by atoms with E-state index in [1.807, 2.05) is 49.4 Å². The number of esters is 1. The number of nitrogen functional groups attached to an aromatic ring is 1. The minimum Gasteiger partial charge on any atom is -0.426 e. The molecule has 0 unspecified atom stereocenters. The van der Waals surface area contributed by atoms with E-state index in [9.17, 15) is 4.79 Å². The molecule has 2 N–H and O–H groups in total. The lowest BCUT2D eigenvalue weighted by Gasteiger charge is -2.06. The Bertz CT molecular complexity index is 599. The lowest BCUT2D eigenvalue weighted by atomic mass is 10.3. The molecule has 3 nitrogen and oxygen atoms in total. The van der Waals surface area contributed by atoms with Crippen LogP contribution in [0.25, 0.3) is 0 Å². The minimum atomic E-state index is -0.196. The summed E-state index contributed by atoms with van der Waals surface area (Å²) in [5.41, 5.74) is 6.50. The van der Waals surface area contributed by atoms with Gasteiger partial charge in [0.1, 0.15) is 5.75 Å². The molecule has 2 rings (SSSR count). The van der Waals surface area contributed by atoms with Crippen LogP contribution < -0.4 is 10.5 Å². The van der Waals surface area contributed by atoms with Crippen molar-refractivity contribution in [3.8, 4) is 5.75 Å². The number of ether oxygens (including phenoxy) is 1. The number of benzene rings is 2. The highest BCUT2D eigenvalue weighted by atomic mass is 32.2. The molecule has 0 aromatic heterocycles. The van der Waals surface area contributed by atoms with Crippen molar-refractivity contribution < 1.29 is 9.53 Å². The third-order valence-corrected chi connectivity index (χ3v) is 3.56. The zero-order chi connectivity index (χ0) is 14.4. The van der Waals surface area contributed by atoms with Gasteiger partial charge in [-0.2, -0.15) is 0 Å². The van der Waals surface area contributed by atoms with Crippen molar-refractivity contribution in [2.24, 2.45) is 0 Å². The van der Waals surface area contributed by atoms with Crippen molar-refractivity contribution in [2.75, 3.05) is 5.73 Å². The molecule has 0 saturated carbocycles. The number of anilines is 1. The maximum atomic E-state index is 11.5. The summed E-state index contributed by atoms with van der Waals surface area (Å²) in [5, 5.41) is 0. The summed E-state index contributed by atoms with van der Waals surface area (Å²) in [6.45, 7) is 1.95. The van der Waals surface area contributed by atoms with Gasteiger partial charge in [0.25, 0.3) is 0 Å². The molecule has 20 heavy (non-hydrogen) atoms. The fourth-order valence-electron chi connectivity index (χ4n) is 1.70. The largest absolute Gasteiger partial charge is 0.426 e. The molecular weight excluding hydrogens is 270 g/mol. The smallest absolute Gasteiger partial charge is 0.311 e. The second-order valence-electron chi connectivity index (χ2n) is 4.37. The molecule has 0 spiro atoms. The van der Waals surface area contributed by atoms with E-state index < -0.39 is 0 Å². The van der Waals surface area contributed by atoms with E-state index in [1.165, 1.54) is 0 Å². The summed E-state index contributed by atoms with van der Waals surface area (Å²) >= 11 is 1.59. The quantitative estimate of drug-likeness (QED) is 0.510. The molecular formula is C16H17NO2S. The average Bonchev–Trinajstić information content (AvgIpc) is 2.39. The van der Waals surface area contributed by atoms with Gasteiger partial charge in [-0.15, -0.1) is 0 Å². The van der Waals surface area contributed by atoms with Crippen LogP contribution in [0.2, 0.25) is 0 Å². The van der Waals surface area contributed by atoms with Crippen LogP contribution in [-0.4, -0.2) is 5.97 Å². The second-order valence-corrected chi connectivity index (χ2v) is 5.52. The monoisotopic (exact) mass is 287 g/mol. The van der Waals surface area contributed by atoms with Crippen molar-refractivity contribution in [1.29, 1.82) is 0 Å². The Morgan fingerprint density at radius 3 is 2.55 bits per heavy atom. The van der Waals surface area contributed by atoms with Gasteiger partial charge in [-0.3, -0.25) is 4.79 Å². The number of nitrogens with two attached hydrogens (primary N) is 1. The average molecular weight is 287 g/mol. The van der Waals surface area contributed by atoms with Crippen LogP contribution in [0.5, 0.6) is 5.75 Å². The lowest BCUT2D eigenvalue weighted by Crippen LogP contribution is -2.06. The van der Waals surface area contributed by atoms with E-state index in [4.69, 9.17) is 10.5 Å². The zero-order valence-corrected chi connectivity index (χ0v) is 12.2. The molecule has 0 amide bonds. The SMILES string of the molecule is CCCC(=O)Oc1cccc(Sc2cccc(N)c2)c1. The first-order valence-electron chi connectivity index (χ1n) is 6.51. The molecule has 0 aliphatic heterocycles. The Morgan fingerprint density at radius 1 is 1.15 bits per heavy atom. The topological polar surface area (TPSA) is 52.3 Å². The maximum Gasteiger partial charge on any atom is 0.311 e. The number of carbonyl (C=O) groups is 1. The van der Waals surface area contributed by atoms with Gasteiger partial charge in [0.2, 0.25) is 0 Å². The van der Waals surface area contributed by atoms with Crippen LogP contribution in [0, 0.1) is 0 Å². The Kier molecular flexibility index (Phi) is 5.07. The van der Waals surface area contributed by atoms with Gasteiger partial charge in [-0.05, 0) is 42.8 Å². The normalized spacial score (nSPS) is 10.2. The third-order valence-electron chi connectivity index (χ3n) is 2.59. The molecule has 0 aliphatic rings. The summed E-state index contributed by atoms with van der Waals surface area (Å²) in [7, 11) is 0. The van der Waals surface area contributed by atoms with Gasteiger partial charge in [0, 0.05) is 21.9 Å². The predicted octanol–water partition coefficient (Wildman–Crippen LogP) is 4.13. The van der Waals surface area contributed by atoms with Crippen molar-refractivity contribution in [2.45, 2.75) is 29.6 Å². The van der Waals surface area contributed by atoms with Gasteiger partial charge >= 0.3 is 5.97 Å². The van der Waals surface area contributed by atoms with Crippen molar-refractivity contribution in [1.82, 2.24) is 0 Å². The Labute approximate surface area is 123 Å². The van der Waals surface area contributed by atoms with E-state index in [0.717, 1.165) is 21.9 Å². The highest BCUT2D eigenvalue weighted by Gasteiger charge is 2.05. The molecule has 2 aromatic rings. The molecule has 0 fully saturated rings. The molecule has 0 atom stereocenters. The van der Waals surface area contributed by atoms with Crippen LogP contribution in [0.15, 0.2) is 58.3 Å². The Morgan fingerprint density at radius 2 is 1.85 bits per heavy atom. The first-order valence-corrected chi connectivity index (χ1v) is 7.33. The molecule has 0 radical (unpaired) electrons. The summed E-state index contributed by atoms with van der Waals surface area (Å²) in [5.74, 6) is 0.385. The van der Waals surface area contributed by atoms with E-state index in [-0.39, 0.29) is 5.97 Å². The molecule has 0 saturated heterocycles. The van der Waals surface area contributed by atoms with Crippen LogP contribution >= 0.6 is 11.8 Å². The van der Waals surface area contributed by atoms with Crippen molar-refractivity contribution in [3.63, 3.8) is 0 Å². The summed E-state index contributed by atoms with van der Waals surface area (Å²) in [6.07, 6.45) is 1.23. The van der Waals surface area contributed by atoms with E-state index in [2.05, 4.69) is 0 Å². The van der Waals surface area contributed by atoms with Crippen LogP contribution in [0.3, 0.4) is 0 Å². The van der Waals surface area contributed by atoms with Gasteiger partial charge in [-0.25, -0.2) is 0 Å². The highest BCUT2D eigenvalue weighted by Crippen LogP contribution is 2.31. The van der Waals surface area contributed by atoms with E-state index >= 15 is 0 Å². The van der Waals surface area contributed by atoms with Gasteiger partial charge in [0.15, 0.2) is 0 Å². The first-order chi connectivity index (χ1) is 9.67. The van der Waals surface area contributed by atoms with Gasteiger partial charge in [-0.1, -0.05) is 30.8 Å². The first kappa shape index (κ1) is 14.5. The summed E-state index contributed by atoms with van der Waals surface area (Å²) in [4.78, 5) is 13.6. The highest BCUT2D eigenvalue weighted by molar-refractivity contribution is 7.99. The Balaban J connectivity index is 2.08. The van der Waals surface area contributed by atoms with Crippen LogP contribution in [0.4, 0.5) is 5.69 Å². The number of rotatable bonds is 5. The fraction of sp³-hybridized carbons (Fsp3) is 0.188. The lowest BCUT2D eigenvalue weighted by molar-refractivity contribution is -0.134. The summed E-state index contributed by atoms with van der Waals surface area (Å²) < 4.78 is 5.28. The third kappa shape index (κ3) is 4.31. The summed E-state index contributed by atoms with van der Waals surface area (Å²) in [6, 6.07) is 15.2. The fourth-order valence-corrected chi connectivity index (χ4v) is 2.64. The number of hydrogen-bond acceptors (Lipinski definition) is 4.